The van der Waals surface area contributed by atoms with Crippen molar-refractivity contribution in [1.29, 1.82) is 0 Å². The fourth-order valence-electron chi connectivity index (χ4n) is 2.88. The Morgan fingerprint density at radius 2 is 1.54 bits per heavy atom. The van der Waals surface area contributed by atoms with Gasteiger partial charge < -0.3 is 59.8 Å². The Labute approximate surface area is 148 Å². The molecule has 8 N–H and O–H groups in total. The fourth-order valence-corrected chi connectivity index (χ4v) is 2.88. The van der Waals surface area contributed by atoms with Crippen LogP contribution in [0, 0.1) is 0 Å². The van der Waals surface area contributed by atoms with E-state index < -0.39 is 68.0 Å². The lowest BCUT2D eigenvalue weighted by atomic mass is 9.99. The molecule has 0 bridgehead atoms. The van der Waals surface area contributed by atoms with Gasteiger partial charge in [-0.05, 0) is 0 Å². The molecule has 0 unspecified atom stereocenters. The summed E-state index contributed by atoms with van der Waals surface area (Å²) in [6.07, 6.45) is -12.4. The first-order valence-electron chi connectivity index (χ1n) is 8.13. The third-order valence-corrected chi connectivity index (χ3v) is 4.41. The van der Waals surface area contributed by atoms with Crippen LogP contribution >= 0.6 is 0 Å². The Balaban J connectivity index is 2.12. The molecule has 2 fully saturated rings. The summed E-state index contributed by atoms with van der Waals surface area (Å²) < 4.78 is 20.9. The fraction of sp³-hybridized carbons (Fsp3) is 1.00. The predicted molar refractivity (Wildman–Crippen MR) is 79.5 cm³/mol. The van der Waals surface area contributed by atoms with Crippen LogP contribution in [0.25, 0.3) is 0 Å². The maximum atomic E-state index is 10.1. The second-order valence-electron chi connectivity index (χ2n) is 6.18. The molecule has 2 rings (SSSR count). The highest BCUT2D eigenvalue weighted by atomic mass is 16.8. The number of rotatable bonds is 8. The maximum absolute atomic E-state index is 10.1. The Bertz CT molecular complexity index is 438. The third kappa shape index (κ3) is 4.16. The number of aliphatic hydroxyl groups is 8. The van der Waals surface area contributed by atoms with Gasteiger partial charge in [-0.15, -0.1) is 0 Å². The molecular formula is C14H26O12. The van der Waals surface area contributed by atoms with E-state index in [9.17, 15) is 30.6 Å². The summed E-state index contributed by atoms with van der Waals surface area (Å²) >= 11 is 0. The molecular weight excluding hydrogens is 360 g/mol. The molecule has 2 saturated heterocycles. The molecule has 0 aromatic carbocycles. The Morgan fingerprint density at radius 1 is 0.846 bits per heavy atom. The summed E-state index contributed by atoms with van der Waals surface area (Å²) in [6, 6.07) is 0. The van der Waals surface area contributed by atoms with Crippen molar-refractivity contribution in [3.05, 3.63) is 0 Å². The second-order valence-corrected chi connectivity index (χ2v) is 6.18. The van der Waals surface area contributed by atoms with Gasteiger partial charge in [-0.3, -0.25) is 0 Å². The van der Waals surface area contributed by atoms with Crippen molar-refractivity contribution in [2.45, 2.75) is 54.8 Å². The van der Waals surface area contributed by atoms with Gasteiger partial charge >= 0.3 is 0 Å². The molecule has 2 heterocycles. The highest BCUT2D eigenvalue weighted by molar-refractivity contribution is 4.98. The van der Waals surface area contributed by atoms with Crippen LogP contribution in [0.15, 0.2) is 0 Å². The summed E-state index contributed by atoms with van der Waals surface area (Å²) in [6.45, 7) is -2.21. The topological polar surface area (TPSA) is 199 Å². The van der Waals surface area contributed by atoms with Gasteiger partial charge in [0.25, 0.3) is 0 Å². The van der Waals surface area contributed by atoms with Crippen molar-refractivity contribution in [3.8, 4) is 0 Å². The minimum atomic E-state index is -2.23. The van der Waals surface area contributed by atoms with Crippen LogP contribution in [0.4, 0.5) is 0 Å². The largest absolute Gasteiger partial charge is 0.394 e. The average molecular weight is 386 g/mol. The Kier molecular flexibility index (Phi) is 7.67. The van der Waals surface area contributed by atoms with Gasteiger partial charge in [0.15, 0.2) is 6.29 Å². The second kappa shape index (κ2) is 9.14. The minimum Gasteiger partial charge on any atom is -0.394 e. The molecule has 0 aromatic rings. The molecule has 0 aliphatic carbocycles. The molecule has 2 aliphatic heterocycles. The lowest BCUT2D eigenvalue weighted by molar-refractivity contribution is -0.384. The van der Waals surface area contributed by atoms with E-state index in [0.29, 0.717) is 0 Å². The van der Waals surface area contributed by atoms with E-state index in [2.05, 4.69) is 0 Å². The molecule has 12 nitrogen and oxygen atoms in total. The van der Waals surface area contributed by atoms with E-state index in [1.165, 1.54) is 0 Å². The Hall–Kier alpha value is -0.480. The van der Waals surface area contributed by atoms with Crippen LogP contribution < -0.4 is 0 Å². The standard InChI is InChI=1S/C14H26O12/c15-1-2-23-4-7-8(18)10(20)11(21)13(24-7)26-14(5-17)12(22)9(19)6(3-16)25-14/h6-13,15-22H,1-5H2/t6-,7-,8-,9-,10+,11-,12+,13-,14+/m1/s1. The lowest BCUT2D eigenvalue weighted by Gasteiger charge is -2.43. The first kappa shape index (κ1) is 21.8. The molecule has 9 atom stereocenters. The Morgan fingerprint density at radius 3 is 2.08 bits per heavy atom. The summed E-state index contributed by atoms with van der Waals surface area (Å²) in [5.74, 6) is -2.23. The number of ether oxygens (including phenoxy) is 4. The van der Waals surface area contributed by atoms with E-state index in [0.717, 1.165) is 0 Å². The van der Waals surface area contributed by atoms with Gasteiger partial charge in [-0.25, -0.2) is 0 Å². The lowest BCUT2D eigenvalue weighted by Crippen LogP contribution is -2.62. The zero-order chi connectivity index (χ0) is 19.5. The van der Waals surface area contributed by atoms with Crippen molar-refractivity contribution in [1.82, 2.24) is 0 Å². The number of aliphatic hydroxyl groups excluding tert-OH is 8. The smallest absolute Gasteiger partial charge is 0.224 e. The molecule has 154 valence electrons. The van der Waals surface area contributed by atoms with Crippen LogP contribution in [0.3, 0.4) is 0 Å². The summed E-state index contributed by atoms with van der Waals surface area (Å²) in [5, 5.41) is 77.4. The van der Waals surface area contributed by atoms with Crippen LogP contribution in [-0.2, 0) is 18.9 Å². The third-order valence-electron chi connectivity index (χ3n) is 4.41. The van der Waals surface area contributed by atoms with E-state index in [-0.39, 0.29) is 19.8 Å². The number of hydrogen-bond donors (Lipinski definition) is 8. The number of hydrogen-bond acceptors (Lipinski definition) is 12. The molecule has 0 amide bonds. The first-order chi connectivity index (χ1) is 12.3. The first-order valence-corrected chi connectivity index (χ1v) is 8.13. The zero-order valence-corrected chi connectivity index (χ0v) is 13.9. The van der Waals surface area contributed by atoms with E-state index in [4.69, 9.17) is 29.2 Å². The van der Waals surface area contributed by atoms with E-state index >= 15 is 0 Å². The van der Waals surface area contributed by atoms with Gasteiger partial charge in [0.2, 0.25) is 5.79 Å². The van der Waals surface area contributed by atoms with Crippen molar-refractivity contribution >= 4 is 0 Å². The minimum absolute atomic E-state index is 0.0521. The quantitative estimate of drug-likeness (QED) is 0.184. The summed E-state index contributed by atoms with van der Waals surface area (Å²) in [5.41, 5.74) is 0. The summed E-state index contributed by atoms with van der Waals surface area (Å²) in [7, 11) is 0. The molecule has 0 spiro atoms. The van der Waals surface area contributed by atoms with Crippen LogP contribution in [0.1, 0.15) is 0 Å². The van der Waals surface area contributed by atoms with Gasteiger partial charge in [-0.1, -0.05) is 0 Å². The monoisotopic (exact) mass is 386 g/mol. The van der Waals surface area contributed by atoms with Crippen molar-refractivity contribution in [3.63, 3.8) is 0 Å². The van der Waals surface area contributed by atoms with Gasteiger partial charge in [0, 0.05) is 0 Å². The molecule has 0 radical (unpaired) electrons. The van der Waals surface area contributed by atoms with Crippen molar-refractivity contribution in [2.24, 2.45) is 0 Å². The average Bonchev–Trinajstić information content (AvgIpc) is 2.88. The highest BCUT2D eigenvalue weighted by Crippen LogP contribution is 2.35. The van der Waals surface area contributed by atoms with Crippen LogP contribution in [0.5, 0.6) is 0 Å². The van der Waals surface area contributed by atoms with Crippen LogP contribution in [-0.4, -0.2) is 129 Å². The molecule has 0 saturated carbocycles. The summed E-state index contributed by atoms with van der Waals surface area (Å²) in [4.78, 5) is 0. The highest BCUT2D eigenvalue weighted by Gasteiger charge is 2.58. The van der Waals surface area contributed by atoms with Gasteiger partial charge in [-0.2, -0.15) is 0 Å². The molecule has 26 heavy (non-hydrogen) atoms. The zero-order valence-electron chi connectivity index (χ0n) is 13.9. The van der Waals surface area contributed by atoms with Gasteiger partial charge in [0.05, 0.1) is 26.4 Å². The van der Waals surface area contributed by atoms with E-state index in [1.54, 1.807) is 0 Å². The predicted octanol–water partition coefficient (Wildman–Crippen LogP) is -5.38. The molecule has 12 heteroatoms. The van der Waals surface area contributed by atoms with E-state index in [1.807, 2.05) is 0 Å². The SMILES string of the molecule is OCCOC[C@H]1O[C@H](O[C@]2(CO)O[C@H](CO)[C@@H](O)[C@@H]2O)[C@H](O)[C@@H](O)[C@@H]1O. The molecule has 0 aromatic heterocycles. The molecule has 2 aliphatic rings. The van der Waals surface area contributed by atoms with Crippen molar-refractivity contribution in [2.75, 3.05) is 33.0 Å². The van der Waals surface area contributed by atoms with Crippen molar-refractivity contribution < 1.29 is 59.8 Å². The van der Waals surface area contributed by atoms with Crippen LogP contribution in [0.2, 0.25) is 0 Å². The maximum Gasteiger partial charge on any atom is 0.224 e. The van der Waals surface area contributed by atoms with Gasteiger partial charge in [0.1, 0.15) is 49.3 Å². The normalized spacial score (nSPS) is 46.6.